The number of nitrogens with one attached hydrogen (secondary N) is 1. The topological polar surface area (TPSA) is 66.5 Å². The van der Waals surface area contributed by atoms with Gasteiger partial charge in [0, 0.05) is 30.6 Å². The van der Waals surface area contributed by atoms with Crippen LogP contribution in [0, 0.1) is 11.6 Å². The number of rotatable bonds is 2. The smallest absolute Gasteiger partial charge is 0.224 e. The Bertz CT molecular complexity index is 766. The molecular formula is C15H18F2N2O3S. The Morgan fingerprint density at radius 3 is 2.78 bits per heavy atom. The van der Waals surface area contributed by atoms with Crippen molar-refractivity contribution in [3.8, 4) is 0 Å². The second kappa shape index (κ2) is 5.52. The second-order valence-electron chi connectivity index (χ2n) is 6.47. The molecule has 1 fully saturated rings. The Hall–Kier alpha value is -1.54. The van der Waals surface area contributed by atoms with E-state index in [9.17, 15) is 22.0 Å². The van der Waals surface area contributed by atoms with Crippen molar-refractivity contribution >= 4 is 15.9 Å². The summed E-state index contributed by atoms with van der Waals surface area (Å²) in [6, 6.07) is 2.64. The highest BCUT2D eigenvalue weighted by Crippen LogP contribution is 2.28. The summed E-state index contributed by atoms with van der Waals surface area (Å²) in [5.41, 5.74) is 0.110. The van der Waals surface area contributed by atoms with Gasteiger partial charge in [-0.15, -0.1) is 0 Å². The molecule has 2 aliphatic heterocycles. The van der Waals surface area contributed by atoms with Crippen molar-refractivity contribution in [2.75, 3.05) is 12.3 Å². The lowest BCUT2D eigenvalue weighted by Crippen LogP contribution is -2.45. The zero-order valence-electron chi connectivity index (χ0n) is 12.7. The molecule has 1 unspecified atom stereocenters. The molecule has 3 rings (SSSR count). The maximum Gasteiger partial charge on any atom is 0.224 e. The van der Waals surface area contributed by atoms with Gasteiger partial charge in [0.2, 0.25) is 15.9 Å². The first-order valence-corrected chi connectivity index (χ1v) is 9.09. The number of hydrogen-bond acceptors (Lipinski definition) is 3. The van der Waals surface area contributed by atoms with E-state index in [2.05, 4.69) is 4.72 Å². The fourth-order valence-corrected chi connectivity index (χ4v) is 4.93. The third-order valence-corrected chi connectivity index (χ3v) is 6.06. The number of benzene rings is 1. The first kappa shape index (κ1) is 16.3. The van der Waals surface area contributed by atoms with Crippen LogP contribution in [0.2, 0.25) is 0 Å². The van der Waals surface area contributed by atoms with E-state index in [4.69, 9.17) is 0 Å². The Balaban J connectivity index is 1.74. The van der Waals surface area contributed by atoms with Gasteiger partial charge >= 0.3 is 0 Å². The molecule has 1 aromatic rings. The molecular weight excluding hydrogens is 326 g/mol. The van der Waals surface area contributed by atoms with Crippen LogP contribution >= 0.6 is 0 Å². The number of halogens is 2. The van der Waals surface area contributed by atoms with Gasteiger partial charge in [-0.05, 0) is 31.4 Å². The number of carbonyl (C=O) groups is 1. The summed E-state index contributed by atoms with van der Waals surface area (Å²) in [5.74, 6) is -2.09. The van der Waals surface area contributed by atoms with Crippen molar-refractivity contribution in [1.82, 2.24) is 9.62 Å². The van der Waals surface area contributed by atoms with Crippen molar-refractivity contribution < 1.29 is 22.0 Å². The fraction of sp³-hybridized carbons (Fsp3) is 0.533. The molecule has 2 aliphatic rings. The first-order chi connectivity index (χ1) is 10.7. The minimum atomic E-state index is -3.32. The maximum atomic E-state index is 13.9. The van der Waals surface area contributed by atoms with E-state index in [0.29, 0.717) is 24.9 Å². The van der Waals surface area contributed by atoms with Gasteiger partial charge < -0.3 is 4.90 Å². The zero-order valence-corrected chi connectivity index (χ0v) is 13.5. The van der Waals surface area contributed by atoms with Crippen molar-refractivity contribution in [1.29, 1.82) is 0 Å². The third-order valence-electron chi connectivity index (χ3n) is 4.51. The average molecular weight is 344 g/mol. The molecule has 0 spiro atoms. The van der Waals surface area contributed by atoms with Crippen molar-refractivity contribution in [2.45, 2.75) is 38.3 Å². The Kier molecular flexibility index (Phi) is 3.92. The SMILES string of the molecule is CC1(CC(=O)N2CCc3ccc(F)c(F)c3C2)CCS(=O)(=O)N1. The quantitative estimate of drug-likeness (QED) is 0.880. The fourth-order valence-electron chi connectivity index (χ4n) is 3.18. The number of fused-ring (bicyclic) bond motifs is 1. The average Bonchev–Trinajstić information content (AvgIpc) is 2.76. The second-order valence-corrected chi connectivity index (χ2v) is 8.31. The van der Waals surface area contributed by atoms with Gasteiger partial charge in [-0.2, -0.15) is 0 Å². The highest BCUT2D eigenvalue weighted by Gasteiger charge is 2.40. The molecule has 1 atom stereocenters. The summed E-state index contributed by atoms with van der Waals surface area (Å²) >= 11 is 0. The molecule has 8 heteroatoms. The van der Waals surface area contributed by atoms with Crippen LogP contribution in [-0.4, -0.2) is 37.1 Å². The van der Waals surface area contributed by atoms with Crippen molar-refractivity contribution in [2.24, 2.45) is 0 Å². The summed E-state index contributed by atoms with van der Waals surface area (Å²) in [6.45, 7) is 2.12. The lowest BCUT2D eigenvalue weighted by Gasteiger charge is -2.32. The molecule has 5 nitrogen and oxygen atoms in total. The predicted molar refractivity (Wildman–Crippen MR) is 80.0 cm³/mol. The van der Waals surface area contributed by atoms with Gasteiger partial charge in [0.05, 0.1) is 5.75 Å². The minimum Gasteiger partial charge on any atom is -0.338 e. The summed E-state index contributed by atoms with van der Waals surface area (Å²) in [4.78, 5) is 13.9. The van der Waals surface area contributed by atoms with Crippen LogP contribution in [0.3, 0.4) is 0 Å². The lowest BCUT2D eigenvalue weighted by atomic mass is 9.93. The van der Waals surface area contributed by atoms with Crippen LogP contribution < -0.4 is 4.72 Å². The zero-order chi connectivity index (χ0) is 16.8. The summed E-state index contributed by atoms with van der Waals surface area (Å²) in [6.07, 6.45) is 0.827. The van der Waals surface area contributed by atoms with E-state index in [1.54, 1.807) is 13.0 Å². The van der Waals surface area contributed by atoms with Crippen LogP contribution in [0.15, 0.2) is 12.1 Å². The van der Waals surface area contributed by atoms with Crippen LogP contribution in [0.5, 0.6) is 0 Å². The number of sulfonamides is 1. The van der Waals surface area contributed by atoms with Crippen LogP contribution in [-0.2, 0) is 27.8 Å². The Morgan fingerprint density at radius 2 is 2.13 bits per heavy atom. The molecule has 1 N–H and O–H groups in total. The molecule has 0 aromatic heterocycles. The molecule has 1 aromatic carbocycles. The van der Waals surface area contributed by atoms with Crippen LogP contribution in [0.4, 0.5) is 8.78 Å². The number of nitrogens with zero attached hydrogens (tertiary/aromatic N) is 1. The Labute approximate surface area is 133 Å². The van der Waals surface area contributed by atoms with Gasteiger partial charge in [0.15, 0.2) is 11.6 Å². The molecule has 1 amide bonds. The molecule has 0 aliphatic carbocycles. The Morgan fingerprint density at radius 1 is 1.39 bits per heavy atom. The predicted octanol–water partition coefficient (Wildman–Crippen LogP) is 1.32. The molecule has 1 saturated heterocycles. The van der Waals surface area contributed by atoms with Gasteiger partial charge in [-0.3, -0.25) is 4.79 Å². The van der Waals surface area contributed by atoms with Gasteiger partial charge in [0.25, 0.3) is 0 Å². The van der Waals surface area contributed by atoms with Gasteiger partial charge in [-0.1, -0.05) is 6.07 Å². The monoisotopic (exact) mass is 344 g/mol. The van der Waals surface area contributed by atoms with E-state index < -0.39 is 27.2 Å². The maximum absolute atomic E-state index is 13.9. The highest BCUT2D eigenvalue weighted by molar-refractivity contribution is 7.89. The summed E-state index contributed by atoms with van der Waals surface area (Å²) < 4.78 is 52.8. The van der Waals surface area contributed by atoms with E-state index in [1.165, 1.54) is 4.90 Å². The van der Waals surface area contributed by atoms with Gasteiger partial charge in [-0.25, -0.2) is 21.9 Å². The molecule has 126 valence electrons. The van der Waals surface area contributed by atoms with E-state index in [-0.39, 0.29) is 30.2 Å². The normalized spacial score (nSPS) is 26.1. The summed E-state index contributed by atoms with van der Waals surface area (Å²) in [5, 5.41) is 0. The number of carbonyl (C=O) groups excluding carboxylic acids is 1. The lowest BCUT2D eigenvalue weighted by molar-refractivity contribution is -0.133. The first-order valence-electron chi connectivity index (χ1n) is 7.44. The summed E-state index contributed by atoms with van der Waals surface area (Å²) in [7, 11) is -3.32. The molecule has 2 heterocycles. The molecule has 0 radical (unpaired) electrons. The number of hydrogen-bond donors (Lipinski definition) is 1. The van der Waals surface area contributed by atoms with Crippen molar-refractivity contribution in [3.05, 3.63) is 34.9 Å². The molecule has 0 bridgehead atoms. The van der Waals surface area contributed by atoms with Crippen molar-refractivity contribution in [3.63, 3.8) is 0 Å². The third kappa shape index (κ3) is 3.23. The largest absolute Gasteiger partial charge is 0.338 e. The standard InChI is InChI=1S/C15H18F2N2O3S/c1-15(5-7-23(21,22)18-15)8-13(20)19-6-4-10-2-3-12(16)14(17)11(10)9-19/h2-3,18H,4-9H2,1H3. The molecule has 23 heavy (non-hydrogen) atoms. The van der Waals surface area contributed by atoms with Crippen LogP contribution in [0.25, 0.3) is 0 Å². The minimum absolute atomic E-state index is 0.000543. The number of amides is 1. The molecule has 0 saturated carbocycles. The van der Waals surface area contributed by atoms with E-state index in [1.807, 2.05) is 0 Å². The van der Waals surface area contributed by atoms with E-state index >= 15 is 0 Å². The van der Waals surface area contributed by atoms with Gasteiger partial charge in [0.1, 0.15) is 0 Å². The van der Waals surface area contributed by atoms with E-state index in [0.717, 1.165) is 6.07 Å². The van der Waals surface area contributed by atoms with Crippen LogP contribution in [0.1, 0.15) is 30.9 Å². The highest BCUT2D eigenvalue weighted by atomic mass is 32.2.